The Morgan fingerprint density at radius 2 is 2.15 bits per heavy atom. The molecule has 1 aromatic carbocycles. The van der Waals surface area contributed by atoms with Gasteiger partial charge in [-0.25, -0.2) is 9.97 Å². The number of rotatable bonds is 5. The minimum atomic E-state index is 0.115. The monoisotopic (exact) mass is 350 g/mol. The lowest BCUT2D eigenvalue weighted by atomic mass is 9.98. The maximum absolute atomic E-state index is 12.5. The largest absolute Gasteiger partial charge is 0.445 e. The fourth-order valence-corrected chi connectivity index (χ4v) is 3.43. The fraction of sp³-hybridized carbons (Fsp3) is 0.350. The number of oxazole rings is 1. The van der Waals surface area contributed by atoms with Crippen LogP contribution in [0.2, 0.25) is 0 Å². The Labute approximate surface area is 152 Å². The molecule has 1 aliphatic rings. The molecule has 1 aliphatic heterocycles. The van der Waals surface area contributed by atoms with Gasteiger partial charge in [0.05, 0.1) is 18.4 Å². The second-order valence-corrected chi connectivity index (χ2v) is 6.74. The molecule has 1 amide bonds. The summed E-state index contributed by atoms with van der Waals surface area (Å²) in [5, 5.41) is 0. The van der Waals surface area contributed by atoms with E-state index in [0.717, 1.165) is 37.5 Å². The molecule has 1 atom stereocenters. The van der Waals surface area contributed by atoms with Gasteiger partial charge in [0.15, 0.2) is 5.89 Å². The Balaban J connectivity index is 1.39. The van der Waals surface area contributed by atoms with E-state index in [1.165, 1.54) is 5.56 Å². The van der Waals surface area contributed by atoms with E-state index in [0.29, 0.717) is 13.1 Å². The Kier molecular flexibility index (Phi) is 4.82. The average molecular weight is 350 g/mol. The molecule has 3 aromatic rings. The van der Waals surface area contributed by atoms with Crippen LogP contribution in [0.15, 0.2) is 59.7 Å². The smallest absolute Gasteiger partial charge is 0.242 e. The predicted molar refractivity (Wildman–Crippen MR) is 96.5 cm³/mol. The van der Waals surface area contributed by atoms with E-state index in [-0.39, 0.29) is 11.8 Å². The van der Waals surface area contributed by atoms with Gasteiger partial charge >= 0.3 is 0 Å². The van der Waals surface area contributed by atoms with E-state index in [1.54, 1.807) is 17.1 Å². The zero-order valence-corrected chi connectivity index (χ0v) is 14.6. The Morgan fingerprint density at radius 3 is 2.96 bits per heavy atom. The van der Waals surface area contributed by atoms with Crippen LogP contribution in [0.5, 0.6) is 0 Å². The number of aromatic nitrogens is 3. The van der Waals surface area contributed by atoms with Crippen LogP contribution in [0, 0.1) is 0 Å². The molecule has 0 saturated carbocycles. The number of carbonyl (C=O) groups excluding carboxylic acids is 1. The van der Waals surface area contributed by atoms with Gasteiger partial charge in [0.25, 0.3) is 0 Å². The minimum Gasteiger partial charge on any atom is -0.445 e. The first kappa shape index (κ1) is 16.6. The molecular weight excluding hydrogens is 328 g/mol. The van der Waals surface area contributed by atoms with Gasteiger partial charge in [0.2, 0.25) is 5.91 Å². The highest BCUT2D eigenvalue weighted by atomic mass is 16.4. The number of carbonyl (C=O) groups is 1. The summed E-state index contributed by atoms with van der Waals surface area (Å²) in [7, 11) is 0. The highest BCUT2D eigenvalue weighted by molar-refractivity contribution is 5.76. The first-order chi connectivity index (χ1) is 12.8. The average Bonchev–Trinajstić information content (AvgIpc) is 3.35. The first-order valence-electron chi connectivity index (χ1n) is 9.00. The van der Waals surface area contributed by atoms with Crippen LogP contribution in [0.4, 0.5) is 0 Å². The fourth-order valence-electron chi connectivity index (χ4n) is 3.43. The van der Waals surface area contributed by atoms with E-state index >= 15 is 0 Å². The number of piperidine rings is 1. The summed E-state index contributed by atoms with van der Waals surface area (Å²) in [6.07, 6.45) is 9.69. The molecule has 0 radical (unpaired) electrons. The molecule has 26 heavy (non-hydrogen) atoms. The van der Waals surface area contributed by atoms with Crippen LogP contribution in [0.1, 0.15) is 36.0 Å². The minimum absolute atomic E-state index is 0.115. The summed E-state index contributed by atoms with van der Waals surface area (Å²) in [6, 6.07) is 10.2. The lowest BCUT2D eigenvalue weighted by Crippen LogP contribution is -2.40. The molecule has 3 heterocycles. The van der Waals surface area contributed by atoms with Crippen LogP contribution in [-0.2, 0) is 17.8 Å². The second kappa shape index (κ2) is 7.56. The maximum atomic E-state index is 12.5. The molecule has 1 saturated heterocycles. The molecule has 0 unspecified atom stereocenters. The van der Waals surface area contributed by atoms with Gasteiger partial charge < -0.3 is 13.9 Å². The van der Waals surface area contributed by atoms with Gasteiger partial charge in [-0.05, 0) is 18.4 Å². The van der Waals surface area contributed by atoms with Gasteiger partial charge in [0.1, 0.15) is 12.3 Å². The lowest BCUT2D eigenvalue weighted by Gasteiger charge is -2.31. The predicted octanol–water partition coefficient (Wildman–Crippen LogP) is 2.87. The number of hydrogen-bond donors (Lipinski definition) is 0. The SMILES string of the molecule is O=C(Cn1ccnc1)N1CCC[C@H](c2ncc(Cc3ccccc3)o2)C1. The molecule has 134 valence electrons. The third-order valence-corrected chi connectivity index (χ3v) is 4.79. The number of benzene rings is 1. The van der Waals surface area contributed by atoms with Gasteiger partial charge in [-0.15, -0.1) is 0 Å². The van der Waals surface area contributed by atoms with Crippen molar-refractivity contribution >= 4 is 5.91 Å². The third kappa shape index (κ3) is 3.85. The second-order valence-electron chi connectivity index (χ2n) is 6.74. The van der Waals surface area contributed by atoms with E-state index in [1.807, 2.05) is 35.5 Å². The van der Waals surface area contributed by atoms with Gasteiger partial charge in [-0.3, -0.25) is 4.79 Å². The standard InChI is InChI=1S/C20H22N4O2/c25-19(14-23-10-8-21-15-23)24-9-4-7-17(13-24)20-22-12-18(26-20)11-16-5-2-1-3-6-16/h1-3,5-6,8,10,12,15,17H,4,7,9,11,13-14H2/t17-/m0/s1. The van der Waals surface area contributed by atoms with E-state index in [9.17, 15) is 4.79 Å². The van der Waals surface area contributed by atoms with Crippen LogP contribution >= 0.6 is 0 Å². The van der Waals surface area contributed by atoms with Gasteiger partial charge in [-0.2, -0.15) is 0 Å². The normalized spacial score (nSPS) is 17.4. The summed E-state index contributed by atoms with van der Waals surface area (Å²) in [6.45, 7) is 1.79. The summed E-state index contributed by atoms with van der Waals surface area (Å²) in [5.74, 6) is 1.90. The molecule has 6 nitrogen and oxygen atoms in total. The molecule has 0 aliphatic carbocycles. The van der Waals surface area contributed by atoms with Crippen molar-refractivity contribution in [3.05, 3.63) is 72.5 Å². The van der Waals surface area contributed by atoms with E-state index in [4.69, 9.17) is 4.42 Å². The van der Waals surface area contributed by atoms with Crippen molar-refractivity contribution in [3.8, 4) is 0 Å². The Morgan fingerprint density at radius 1 is 1.27 bits per heavy atom. The van der Waals surface area contributed by atoms with Crippen molar-refractivity contribution in [2.45, 2.75) is 31.7 Å². The topological polar surface area (TPSA) is 64.2 Å². The van der Waals surface area contributed by atoms with E-state index in [2.05, 4.69) is 22.1 Å². The molecule has 1 fully saturated rings. The van der Waals surface area contributed by atoms with Crippen molar-refractivity contribution < 1.29 is 9.21 Å². The Hall–Kier alpha value is -2.89. The molecular formula is C20H22N4O2. The summed E-state index contributed by atoms with van der Waals surface area (Å²) in [4.78, 5) is 22.9. The molecule has 0 N–H and O–H groups in total. The Bertz CT molecular complexity index is 842. The number of hydrogen-bond acceptors (Lipinski definition) is 4. The van der Waals surface area contributed by atoms with Crippen LogP contribution in [0.3, 0.4) is 0 Å². The van der Waals surface area contributed by atoms with Crippen LogP contribution < -0.4 is 0 Å². The highest BCUT2D eigenvalue weighted by Crippen LogP contribution is 2.27. The number of likely N-dealkylation sites (tertiary alicyclic amines) is 1. The first-order valence-corrected chi connectivity index (χ1v) is 9.00. The molecule has 6 heteroatoms. The summed E-state index contributed by atoms with van der Waals surface area (Å²) < 4.78 is 7.80. The van der Waals surface area contributed by atoms with Crippen molar-refractivity contribution in [1.29, 1.82) is 0 Å². The zero-order chi connectivity index (χ0) is 17.8. The van der Waals surface area contributed by atoms with Crippen LogP contribution in [0.25, 0.3) is 0 Å². The quantitative estimate of drug-likeness (QED) is 0.710. The van der Waals surface area contributed by atoms with Crippen LogP contribution in [-0.4, -0.2) is 38.4 Å². The molecule has 0 bridgehead atoms. The molecule has 4 rings (SSSR count). The van der Waals surface area contributed by atoms with Crippen molar-refractivity contribution in [2.75, 3.05) is 13.1 Å². The highest BCUT2D eigenvalue weighted by Gasteiger charge is 2.27. The summed E-state index contributed by atoms with van der Waals surface area (Å²) >= 11 is 0. The van der Waals surface area contributed by atoms with Gasteiger partial charge in [-0.1, -0.05) is 30.3 Å². The number of nitrogens with zero attached hydrogens (tertiary/aromatic N) is 4. The number of amides is 1. The lowest BCUT2D eigenvalue weighted by molar-refractivity contribution is -0.133. The summed E-state index contributed by atoms with van der Waals surface area (Å²) in [5.41, 5.74) is 1.20. The van der Waals surface area contributed by atoms with Crippen molar-refractivity contribution in [2.24, 2.45) is 0 Å². The zero-order valence-electron chi connectivity index (χ0n) is 14.6. The maximum Gasteiger partial charge on any atom is 0.242 e. The molecule has 2 aromatic heterocycles. The number of imidazole rings is 1. The van der Waals surface area contributed by atoms with E-state index < -0.39 is 0 Å². The van der Waals surface area contributed by atoms with Crippen molar-refractivity contribution in [1.82, 2.24) is 19.4 Å². The molecule has 0 spiro atoms. The van der Waals surface area contributed by atoms with Crippen molar-refractivity contribution in [3.63, 3.8) is 0 Å². The van der Waals surface area contributed by atoms with Gasteiger partial charge in [0, 0.05) is 31.9 Å². The third-order valence-electron chi connectivity index (χ3n) is 4.79.